The van der Waals surface area contributed by atoms with Crippen LogP contribution in [0.1, 0.15) is 18.4 Å². The molecule has 2 aromatic rings. The average molecular weight is 298 g/mol. The summed E-state index contributed by atoms with van der Waals surface area (Å²) in [5, 5.41) is 7.70. The van der Waals surface area contributed by atoms with Crippen molar-refractivity contribution in [1.82, 2.24) is 15.1 Å². The van der Waals surface area contributed by atoms with E-state index < -0.39 is 5.54 Å². The maximum Gasteiger partial charge on any atom is 0.254 e. The number of aryl methyl sites for hydroxylation is 1. The number of benzene rings is 1. The second-order valence-corrected chi connectivity index (χ2v) is 5.94. The Kier molecular flexibility index (Phi) is 3.98. The molecule has 0 spiro atoms. The molecule has 0 atom stereocenters. The summed E-state index contributed by atoms with van der Waals surface area (Å²) in [5.74, 6) is 0.100. The summed E-state index contributed by atoms with van der Waals surface area (Å²) in [7, 11) is 1.85. The lowest BCUT2D eigenvalue weighted by Gasteiger charge is -2.39. The number of nitrogens with zero attached hydrogens (tertiary/aromatic N) is 3. The summed E-state index contributed by atoms with van der Waals surface area (Å²) < 4.78 is 1.84. The van der Waals surface area contributed by atoms with Gasteiger partial charge in [-0.1, -0.05) is 12.1 Å². The fourth-order valence-corrected chi connectivity index (χ4v) is 3.17. The zero-order valence-electron chi connectivity index (χ0n) is 13.1. The van der Waals surface area contributed by atoms with E-state index >= 15 is 0 Å². The van der Waals surface area contributed by atoms with Gasteiger partial charge in [-0.05, 0) is 56.6 Å². The van der Waals surface area contributed by atoms with Crippen LogP contribution in [0.4, 0.5) is 5.69 Å². The van der Waals surface area contributed by atoms with Crippen LogP contribution in [-0.2, 0) is 10.3 Å². The molecule has 0 bridgehead atoms. The van der Waals surface area contributed by atoms with Gasteiger partial charge in [0.05, 0.1) is 0 Å². The van der Waals surface area contributed by atoms with Gasteiger partial charge in [-0.15, -0.1) is 0 Å². The number of hydrogen-bond acceptors (Lipinski definition) is 3. The molecule has 1 aliphatic heterocycles. The largest absolute Gasteiger partial charge is 0.317 e. The fourth-order valence-electron chi connectivity index (χ4n) is 3.17. The average Bonchev–Trinajstić information content (AvgIpc) is 3.09. The minimum absolute atomic E-state index is 0.100. The van der Waals surface area contributed by atoms with E-state index in [0.717, 1.165) is 37.2 Å². The van der Waals surface area contributed by atoms with Gasteiger partial charge >= 0.3 is 0 Å². The Morgan fingerprint density at radius 3 is 2.73 bits per heavy atom. The molecule has 0 aliphatic carbocycles. The molecule has 1 N–H and O–H groups in total. The molecule has 0 unspecified atom stereocenters. The summed E-state index contributed by atoms with van der Waals surface area (Å²) in [6.45, 7) is 3.69. The Hall–Kier alpha value is -2.14. The Bertz CT molecular complexity index is 644. The van der Waals surface area contributed by atoms with Crippen molar-refractivity contribution in [3.63, 3.8) is 0 Å². The highest BCUT2D eigenvalue weighted by Gasteiger charge is 2.43. The van der Waals surface area contributed by atoms with Crippen LogP contribution in [0.25, 0.3) is 0 Å². The molecule has 1 aromatic carbocycles. The summed E-state index contributed by atoms with van der Waals surface area (Å²) in [4.78, 5) is 15.0. The predicted molar refractivity (Wildman–Crippen MR) is 86.9 cm³/mol. The molecule has 5 heteroatoms. The van der Waals surface area contributed by atoms with Crippen molar-refractivity contribution in [3.05, 3.63) is 48.3 Å². The first-order valence-corrected chi connectivity index (χ1v) is 7.69. The third kappa shape index (κ3) is 2.52. The van der Waals surface area contributed by atoms with Gasteiger partial charge in [-0.25, -0.2) is 0 Å². The number of piperidine rings is 1. The van der Waals surface area contributed by atoms with E-state index in [1.54, 1.807) is 11.1 Å². The lowest BCUT2D eigenvalue weighted by molar-refractivity contribution is -0.128. The van der Waals surface area contributed by atoms with E-state index in [-0.39, 0.29) is 5.91 Å². The first-order chi connectivity index (χ1) is 10.6. The van der Waals surface area contributed by atoms with E-state index in [9.17, 15) is 4.79 Å². The number of likely N-dealkylation sites (N-methyl/N-ethyl adjacent to an activating group) is 1. The van der Waals surface area contributed by atoms with Gasteiger partial charge < -0.3 is 10.2 Å². The molecule has 5 nitrogen and oxygen atoms in total. The molecule has 1 aromatic heterocycles. The molecule has 1 saturated heterocycles. The molecular formula is C17H22N4O. The topological polar surface area (TPSA) is 50.2 Å². The van der Waals surface area contributed by atoms with Crippen molar-refractivity contribution in [1.29, 1.82) is 0 Å². The van der Waals surface area contributed by atoms with Crippen molar-refractivity contribution in [3.8, 4) is 0 Å². The van der Waals surface area contributed by atoms with E-state index in [2.05, 4.69) is 10.4 Å². The number of aromatic nitrogens is 2. The first-order valence-electron chi connectivity index (χ1n) is 7.69. The van der Waals surface area contributed by atoms with Gasteiger partial charge in [-0.2, -0.15) is 5.10 Å². The monoisotopic (exact) mass is 298 g/mol. The molecule has 1 aliphatic rings. The lowest BCUT2D eigenvalue weighted by Crippen LogP contribution is -2.55. The predicted octanol–water partition coefficient (Wildman–Crippen LogP) is 1.93. The first kappa shape index (κ1) is 14.8. The lowest BCUT2D eigenvalue weighted by atomic mass is 9.86. The van der Waals surface area contributed by atoms with Crippen LogP contribution in [0, 0.1) is 6.92 Å². The van der Waals surface area contributed by atoms with Crippen LogP contribution in [0.5, 0.6) is 0 Å². The number of nitrogens with one attached hydrogen (secondary N) is 1. The Labute approximate surface area is 130 Å². The highest BCUT2D eigenvalue weighted by molar-refractivity contribution is 5.98. The number of anilines is 1. The summed E-state index contributed by atoms with van der Waals surface area (Å²) in [6, 6.07) is 9.91. The second kappa shape index (κ2) is 5.93. The normalized spacial score (nSPS) is 17.2. The zero-order valence-corrected chi connectivity index (χ0v) is 13.1. The highest BCUT2D eigenvalue weighted by atomic mass is 16.2. The van der Waals surface area contributed by atoms with Crippen molar-refractivity contribution < 1.29 is 4.79 Å². The molecule has 0 saturated carbocycles. The number of carbonyl (C=O) groups excluding carboxylic acids is 1. The minimum Gasteiger partial charge on any atom is -0.317 e. The molecular weight excluding hydrogens is 276 g/mol. The van der Waals surface area contributed by atoms with Gasteiger partial charge in [0.25, 0.3) is 5.91 Å². The van der Waals surface area contributed by atoms with Crippen molar-refractivity contribution in [2.45, 2.75) is 25.3 Å². The molecule has 1 amide bonds. The maximum absolute atomic E-state index is 13.3. The van der Waals surface area contributed by atoms with Gasteiger partial charge in [-0.3, -0.25) is 9.48 Å². The number of carbonyl (C=O) groups is 1. The number of amides is 1. The minimum atomic E-state index is -0.590. The number of rotatable bonds is 3. The van der Waals surface area contributed by atoms with E-state index in [4.69, 9.17) is 0 Å². The van der Waals surface area contributed by atoms with Gasteiger partial charge in [0.15, 0.2) is 0 Å². The quantitative estimate of drug-likeness (QED) is 0.942. The third-order valence-electron chi connectivity index (χ3n) is 4.47. The van der Waals surface area contributed by atoms with E-state index in [1.165, 1.54) is 0 Å². The van der Waals surface area contributed by atoms with Crippen LogP contribution in [-0.4, -0.2) is 35.8 Å². The van der Waals surface area contributed by atoms with Crippen LogP contribution in [0.15, 0.2) is 42.7 Å². The van der Waals surface area contributed by atoms with Crippen molar-refractivity contribution >= 4 is 11.6 Å². The van der Waals surface area contributed by atoms with Crippen LogP contribution >= 0.6 is 0 Å². The zero-order chi connectivity index (χ0) is 15.6. The maximum atomic E-state index is 13.3. The van der Waals surface area contributed by atoms with Gasteiger partial charge in [0.1, 0.15) is 5.54 Å². The van der Waals surface area contributed by atoms with Gasteiger partial charge in [0.2, 0.25) is 0 Å². The van der Waals surface area contributed by atoms with E-state index in [0.29, 0.717) is 0 Å². The second-order valence-electron chi connectivity index (χ2n) is 5.94. The number of hydrogen-bond donors (Lipinski definition) is 1. The molecule has 116 valence electrons. The molecule has 0 radical (unpaired) electrons. The summed E-state index contributed by atoms with van der Waals surface area (Å²) in [5.41, 5.74) is 1.48. The highest BCUT2D eigenvalue weighted by Crippen LogP contribution is 2.31. The molecule has 3 rings (SSSR count). The smallest absolute Gasteiger partial charge is 0.254 e. The summed E-state index contributed by atoms with van der Waals surface area (Å²) >= 11 is 0. The molecule has 2 heterocycles. The Morgan fingerprint density at radius 1 is 1.32 bits per heavy atom. The van der Waals surface area contributed by atoms with Crippen molar-refractivity contribution in [2.75, 3.05) is 25.0 Å². The summed E-state index contributed by atoms with van der Waals surface area (Å²) in [6.07, 6.45) is 5.14. The molecule has 22 heavy (non-hydrogen) atoms. The van der Waals surface area contributed by atoms with Crippen LogP contribution < -0.4 is 10.2 Å². The third-order valence-corrected chi connectivity index (χ3v) is 4.47. The fraction of sp³-hybridized carbons (Fsp3) is 0.412. The Balaban J connectivity index is 1.96. The van der Waals surface area contributed by atoms with Crippen LogP contribution in [0.2, 0.25) is 0 Å². The van der Waals surface area contributed by atoms with E-state index in [1.807, 2.05) is 55.2 Å². The standard InChI is InChI=1S/C17H22N4O/c1-14-5-3-6-15(13-14)20(2)16(22)17(7-10-18-11-8-17)21-12-4-9-19-21/h3-6,9,12-13,18H,7-8,10-11H2,1-2H3. The Morgan fingerprint density at radius 2 is 2.09 bits per heavy atom. The van der Waals surface area contributed by atoms with Crippen molar-refractivity contribution in [2.24, 2.45) is 0 Å². The molecule has 1 fully saturated rings. The van der Waals surface area contributed by atoms with Gasteiger partial charge in [0, 0.05) is 25.1 Å². The van der Waals surface area contributed by atoms with Crippen LogP contribution in [0.3, 0.4) is 0 Å². The SMILES string of the molecule is Cc1cccc(N(C)C(=O)C2(n3cccn3)CCNCC2)c1.